The number of rotatable bonds is 9. The molecule has 9 nitrogen and oxygen atoms in total. The second-order valence-electron chi connectivity index (χ2n) is 9.60. The summed E-state index contributed by atoms with van der Waals surface area (Å²) in [6, 6.07) is 13.1. The summed E-state index contributed by atoms with van der Waals surface area (Å²) in [7, 11) is 0. The molecule has 9 heteroatoms. The molecule has 0 saturated carbocycles. The zero-order chi connectivity index (χ0) is 25.1. The van der Waals surface area contributed by atoms with Crippen molar-refractivity contribution in [1.82, 2.24) is 15.1 Å². The van der Waals surface area contributed by atoms with Crippen molar-refractivity contribution >= 4 is 11.9 Å². The first kappa shape index (κ1) is 24.4. The Hall–Kier alpha value is -3.30. The van der Waals surface area contributed by atoms with Gasteiger partial charge in [0, 0.05) is 6.54 Å². The quantitative estimate of drug-likeness (QED) is 0.516. The molecule has 2 aromatic carbocycles. The number of carbonyl (C=O) groups is 2. The zero-order valence-electron chi connectivity index (χ0n) is 20.6. The van der Waals surface area contributed by atoms with Gasteiger partial charge in [-0.15, -0.1) is 0 Å². The van der Waals surface area contributed by atoms with E-state index in [1.807, 2.05) is 43.3 Å². The molecule has 0 aromatic heterocycles. The van der Waals surface area contributed by atoms with Crippen molar-refractivity contribution in [2.24, 2.45) is 5.92 Å². The Labute approximate surface area is 210 Å². The number of fused-ring (bicyclic) bond motifs is 1. The van der Waals surface area contributed by atoms with Gasteiger partial charge >= 0.3 is 6.03 Å². The van der Waals surface area contributed by atoms with Crippen LogP contribution in [0.5, 0.6) is 17.2 Å². The summed E-state index contributed by atoms with van der Waals surface area (Å²) in [5.41, 5.74) is 1.11. The van der Waals surface area contributed by atoms with E-state index in [2.05, 4.69) is 16.3 Å². The third-order valence-electron chi connectivity index (χ3n) is 7.49. The number of hydrogen-bond donors (Lipinski definition) is 2. The van der Waals surface area contributed by atoms with Crippen LogP contribution in [-0.2, 0) is 17.9 Å². The number of benzene rings is 2. The average molecular weight is 496 g/mol. The lowest BCUT2D eigenvalue weighted by Crippen LogP contribution is -2.55. The van der Waals surface area contributed by atoms with E-state index < -0.39 is 5.54 Å². The molecule has 3 aliphatic heterocycles. The van der Waals surface area contributed by atoms with E-state index in [9.17, 15) is 9.59 Å². The fourth-order valence-electron chi connectivity index (χ4n) is 5.55. The molecule has 5 rings (SSSR count). The van der Waals surface area contributed by atoms with Gasteiger partial charge in [-0.25, -0.2) is 4.79 Å². The maximum absolute atomic E-state index is 13.6. The molecule has 2 fully saturated rings. The maximum atomic E-state index is 13.6. The first-order valence-corrected chi connectivity index (χ1v) is 12.6. The number of amides is 3. The second kappa shape index (κ2) is 10.4. The van der Waals surface area contributed by atoms with E-state index in [1.54, 1.807) is 0 Å². The van der Waals surface area contributed by atoms with E-state index in [4.69, 9.17) is 19.3 Å². The molecule has 3 amide bonds. The maximum Gasteiger partial charge on any atom is 0.325 e. The number of likely N-dealkylation sites (tertiary alicyclic amines) is 1. The molecule has 2 aromatic rings. The van der Waals surface area contributed by atoms with Gasteiger partial charge in [-0.3, -0.25) is 14.6 Å². The Morgan fingerprint density at radius 2 is 1.83 bits per heavy atom. The Kier molecular flexibility index (Phi) is 7.02. The van der Waals surface area contributed by atoms with Crippen LogP contribution in [0.1, 0.15) is 37.3 Å². The average Bonchev–Trinajstić information content (AvgIpc) is 3.46. The predicted octanol–water partition coefficient (Wildman–Crippen LogP) is 2.90. The number of nitrogens with zero attached hydrogens (tertiary/aromatic N) is 2. The molecule has 0 unspecified atom stereocenters. The van der Waals surface area contributed by atoms with Crippen LogP contribution in [0.3, 0.4) is 0 Å². The molecule has 0 spiro atoms. The number of aliphatic hydroxyl groups excluding tert-OH is 1. The summed E-state index contributed by atoms with van der Waals surface area (Å²) >= 11 is 0. The largest absolute Gasteiger partial charge is 0.491 e. The summed E-state index contributed by atoms with van der Waals surface area (Å²) in [5, 5.41) is 12.1. The van der Waals surface area contributed by atoms with Gasteiger partial charge in [-0.2, -0.15) is 0 Å². The lowest BCUT2D eigenvalue weighted by molar-refractivity contribution is -0.134. The minimum atomic E-state index is -0.864. The molecule has 0 radical (unpaired) electrons. The molecule has 3 aliphatic rings. The summed E-state index contributed by atoms with van der Waals surface area (Å²) in [6.07, 6.45) is 2.22. The number of aliphatic hydroxyl groups is 1. The van der Waals surface area contributed by atoms with Crippen molar-refractivity contribution in [1.29, 1.82) is 0 Å². The van der Waals surface area contributed by atoms with Crippen LogP contribution in [0.4, 0.5) is 4.79 Å². The Balaban J connectivity index is 1.21. The SMILES string of the molecule is CC[C@@]1(C2CCN(Cc3cccc(OCCO)c3)CC2)NC(=O)N(Cc2ccc3c(c2)OCO3)C1=O. The lowest BCUT2D eigenvalue weighted by atomic mass is 9.75. The smallest absolute Gasteiger partial charge is 0.325 e. The van der Waals surface area contributed by atoms with E-state index in [0.717, 1.165) is 49.4 Å². The Morgan fingerprint density at radius 1 is 1.06 bits per heavy atom. The predicted molar refractivity (Wildman–Crippen MR) is 132 cm³/mol. The van der Waals surface area contributed by atoms with E-state index in [1.165, 1.54) is 4.90 Å². The highest BCUT2D eigenvalue weighted by molar-refractivity contribution is 6.07. The first-order valence-electron chi connectivity index (χ1n) is 12.6. The number of ether oxygens (including phenoxy) is 3. The Bertz CT molecular complexity index is 1120. The van der Waals surface area contributed by atoms with E-state index in [0.29, 0.717) is 17.9 Å². The highest BCUT2D eigenvalue weighted by atomic mass is 16.7. The molecule has 0 aliphatic carbocycles. The van der Waals surface area contributed by atoms with Crippen molar-refractivity contribution in [2.75, 3.05) is 33.1 Å². The molecular formula is C27H33N3O6. The van der Waals surface area contributed by atoms with Crippen LogP contribution >= 0.6 is 0 Å². The molecule has 0 bridgehead atoms. The first-order chi connectivity index (χ1) is 17.5. The number of carbonyl (C=O) groups excluding carboxylic acids is 2. The van der Waals surface area contributed by atoms with Crippen LogP contribution < -0.4 is 19.5 Å². The van der Waals surface area contributed by atoms with Crippen molar-refractivity contribution in [3.05, 3.63) is 53.6 Å². The van der Waals surface area contributed by atoms with Gasteiger partial charge in [0.05, 0.1) is 13.2 Å². The molecular weight excluding hydrogens is 462 g/mol. The normalized spacial score (nSPS) is 22.2. The van der Waals surface area contributed by atoms with Gasteiger partial charge in [0.15, 0.2) is 11.5 Å². The highest BCUT2D eigenvalue weighted by Crippen LogP contribution is 2.38. The van der Waals surface area contributed by atoms with Gasteiger partial charge in [-0.05, 0) is 73.7 Å². The van der Waals surface area contributed by atoms with Crippen LogP contribution in [-0.4, -0.2) is 65.5 Å². The summed E-state index contributed by atoms with van der Waals surface area (Å²) in [5.74, 6) is 2.01. The minimum Gasteiger partial charge on any atom is -0.491 e. The third kappa shape index (κ3) is 4.73. The van der Waals surface area contributed by atoms with Gasteiger partial charge in [0.2, 0.25) is 6.79 Å². The number of urea groups is 1. The fourth-order valence-corrected chi connectivity index (χ4v) is 5.55. The molecule has 3 heterocycles. The van der Waals surface area contributed by atoms with E-state index in [-0.39, 0.29) is 44.4 Å². The minimum absolute atomic E-state index is 0.0136. The van der Waals surface area contributed by atoms with Crippen LogP contribution in [0, 0.1) is 5.92 Å². The van der Waals surface area contributed by atoms with E-state index >= 15 is 0 Å². The highest BCUT2D eigenvalue weighted by Gasteiger charge is 2.54. The van der Waals surface area contributed by atoms with Crippen molar-refractivity contribution in [2.45, 2.75) is 44.8 Å². The lowest BCUT2D eigenvalue weighted by Gasteiger charge is -2.40. The number of nitrogens with one attached hydrogen (secondary N) is 1. The summed E-state index contributed by atoms with van der Waals surface area (Å²) < 4.78 is 16.3. The molecule has 192 valence electrons. The molecule has 2 saturated heterocycles. The second-order valence-corrected chi connectivity index (χ2v) is 9.60. The van der Waals surface area contributed by atoms with Gasteiger partial charge < -0.3 is 24.6 Å². The summed E-state index contributed by atoms with van der Waals surface area (Å²) in [6.45, 7) is 5.11. The molecule has 2 N–H and O–H groups in total. The van der Waals surface area contributed by atoms with Crippen molar-refractivity contribution < 1.29 is 28.9 Å². The summed E-state index contributed by atoms with van der Waals surface area (Å²) in [4.78, 5) is 30.3. The van der Waals surface area contributed by atoms with Gasteiger partial charge in [-0.1, -0.05) is 25.1 Å². The van der Waals surface area contributed by atoms with Crippen LogP contribution in [0.15, 0.2) is 42.5 Å². The van der Waals surface area contributed by atoms with Crippen LogP contribution in [0.25, 0.3) is 0 Å². The zero-order valence-corrected chi connectivity index (χ0v) is 20.6. The third-order valence-corrected chi connectivity index (χ3v) is 7.49. The Morgan fingerprint density at radius 3 is 2.61 bits per heavy atom. The number of hydrogen-bond acceptors (Lipinski definition) is 7. The number of imide groups is 1. The van der Waals surface area contributed by atoms with Gasteiger partial charge in [0.1, 0.15) is 17.9 Å². The molecule has 1 atom stereocenters. The topological polar surface area (TPSA) is 101 Å². The van der Waals surface area contributed by atoms with Crippen molar-refractivity contribution in [3.63, 3.8) is 0 Å². The monoisotopic (exact) mass is 495 g/mol. The van der Waals surface area contributed by atoms with Gasteiger partial charge in [0.25, 0.3) is 5.91 Å². The standard InChI is InChI=1S/C27H33N3O6/c1-2-27(21-8-10-29(11-9-21)16-19-4-3-5-22(14-19)34-13-12-31)25(32)30(26(33)28-27)17-20-6-7-23-24(15-20)36-18-35-23/h3-7,14-15,21,31H,2,8-13,16-18H2,1H3,(H,28,33)/t27-/m0/s1. The number of piperidine rings is 1. The van der Waals surface area contributed by atoms with Crippen molar-refractivity contribution in [3.8, 4) is 17.2 Å². The fraction of sp³-hybridized carbons (Fsp3) is 0.481. The molecule has 36 heavy (non-hydrogen) atoms. The van der Waals surface area contributed by atoms with Crippen LogP contribution in [0.2, 0.25) is 0 Å².